The molecule has 4 rings (SSSR count). The predicted molar refractivity (Wildman–Crippen MR) is 128 cm³/mol. The van der Waals surface area contributed by atoms with E-state index in [9.17, 15) is 9.59 Å². The molecule has 6 heteroatoms. The highest BCUT2D eigenvalue weighted by Crippen LogP contribution is 2.27. The number of furan rings is 1. The van der Waals surface area contributed by atoms with Crippen molar-refractivity contribution in [1.29, 1.82) is 0 Å². The molecule has 1 aromatic heterocycles. The maximum atomic E-state index is 12.9. The fraction of sp³-hybridized carbons (Fsp3) is 0.333. The molecule has 1 aliphatic rings. The van der Waals surface area contributed by atoms with Crippen molar-refractivity contribution in [1.82, 2.24) is 10.2 Å². The molecule has 172 valence electrons. The molecule has 2 aromatic carbocycles. The second-order valence-corrected chi connectivity index (χ2v) is 8.39. The van der Waals surface area contributed by atoms with Crippen molar-refractivity contribution in [2.24, 2.45) is 0 Å². The molecule has 33 heavy (non-hydrogen) atoms. The van der Waals surface area contributed by atoms with E-state index < -0.39 is 0 Å². The molecule has 1 unspecified atom stereocenters. The number of hydrogen-bond acceptors (Lipinski definition) is 5. The summed E-state index contributed by atoms with van der Waals surface area (Å²) < 4.78 is 11.1. The minimum absolute atomic E-state index is 0.0150. The van der Waals surface area contributed by atoms with Gasteiger partial charge in [-0.25, -0.2) is 0 Å². The molecule has 6 nitrogen and oxygen atoms in total. The van der Waals surface area contributed by atoms with E-state index in [0.29, 0.717) is 17.9 Å². The lowest BCUT2D eigenvalue weighted by Crippen LogP contribution is -2.40. The predicted octanol–water partition coefficient (Wildman–Crippen LogP) is 5.11. The first-order valence-electron chi connectivity index (χ1n) is 11.4. The molecular weight excluding hydrogens is 416 g/mol. The molecule has 3 aromatic rings. The van der Waals surface area contributed by atoms with Crippen LogP contribution in [0.4, 0.5) is 0 Å². The van der Waals surface area contributed by atoms with Crippen LogP contribution in [-0.2, 0) is 0 Å². The highest BCUT2D eigenvalue weighted by atomic mass is 16.5. The maximum Gasteiger partial charge on any atom is 0.287 e. The number of amides is 1. The Kier molecular flexibility index (Phi) is 7.25. The number of ether oxygens (including phenoxy) is 1. The van der Waals surface area contributed by atoms with Gasteiger partial charge in [-0.15, -0.1) is 0 Å². The topological polar surface area (TPSA) is 71.8 Å². The number of carbonyl (C=O) groups excluding carboxylic acids is 2. The average Bonchev–Trinajstić information content (AvgIpc) is 3.36. The van der Waals surface area contributed by atoms with Gasteiger partial charge in [0.15, 0.2) is 11.5 Å². The van der Waals surface area contributed by atoms with Crippen LogP contribution in [0.2, 0.25) is 0 Å². The molecule has 0 radical (unpaired) electrons. The van der Waals surface area contributed by atoms with Gasteiger partial charge in [-0.1, -0.05) is 42.8 Å². The van der Waals surface area contributed by atoms with Crippen molar-refractivity contribution in [2.45, 2.75) is 32.2 Å². The molecule has 1 fully saturated rings. The second-order valence-electron chi connectivity index (χ2n) is 8.39. The number of rotatable bonds is 8. The third kappa shape index (κ3) is 5.52. The van der Waals surface area contributed by atoms with Crippen molar-refractivity contribution in [3.8, 4) is 17.1 Å². The smallest absolute Gasteiger partial charge is 0.287 e. The minimum Gasteiger partial charge on any atom is -0.497 e. The monoisotopic (exact) mass is 446 g/mol. The van der Waals surface area contributed by atoms with Gasteiger partial charge in [0.1, 0.15) is 11.5 Å². The van der Waals surface area contributed by atoms with Gasteiger partial charge in [0.05, 0.1) is 13.2 Å². The van der Waals surface area contributed by atoms with Crippen molar-refractivity contribution >= 4 is 11.7 Å². The number of Topliss-reactive ketones (excluding diaryl/α,β-unsaturated/α-hetero) is 1. The van der Waals surface area contributed by atoms with Crippen molar-refractivity contribution in [3.05, 3.63) is 77.6 Å². The molecular formula is C27H30N2O4. The zero-order valence-corrected chi connectivity index (χ0v) is 19.2. The Morgan fingerprint density at radius 3 is 2.30 bits per heavy atom. The van der Waals surface area contributed by atoms with Crippen LogP contribution in [0, 0.1) is 0 Å². The Bertz CT molecular complexity index is 1080. The summed E-state index contributed by atoms with van der Waals surface area (Å²) in [5, 5.41) is 3.06. The summed E-state index contributed by atoms with van der Waals surface area (Å²) >= 11 is 0. The lowest BCUT2D eigenvalue weighted by molar-refractivity contribution is 0.0897. The number of likely N-dealkylation sites (tertiary alicyclic amines) is 1. The number of carbonyl (C=O) groups is 2. The zero-order valence-electron chi connectivity index (χ0n) is 19.2. The number of ketones is 1. The molecule has 0 saturated carbocycles. The molecule has 1 atom stereocenters. The van der Waals surface area contributed by atoms with Crippen molar-refractivity contribution < 1.29 is 18.7 Å². The molecule has 2 heterocycles. The van der Waals surface area contributed by atoms with E-state index in [1.165, 1.54) is 26.2 Å². The van der Waals surface area contributed by atoms with Gasteiger partial charge >= 0.3 is 0 Å². The van der Waals surface area contributed by atoms with Gasteiger partial charge in [0.25, 0.3) is 5.91 Å². The quantitative estimate of drug-likeness (QED) is 0.487. The van der Waals surface area contributed by atoms with Crippen LogP contribution in [0.25, 0.3) is 11.3 Å². The molecule has 0 spiro atoms. The molecule has 1 aliphatic heterocycles. The van der Waals surface area contributed by atoms with E-state index >= 15 is 0 Å². The summed E-state index contributed by atoms with van der Waals surface area (Å²) in [5.41, 5.74) is 2.62. The van der Waals surface area contributed by atoms with Crippen molar-refractivity contribution in [3.63, 3.8) is 0 Å². The van der Waals surface area contributed by atoms with Crippen LogP contribution in [0.5, 0.6) is 5.75 Å². The lowest BCUT2D eigenvalue weighted by Gasteiger charge is -2.35. The second kappa shape index (κ2) is 10.5. The van der Waals surface area contributed by atoms with Gasteiger partial charge in [0.2, 0.25) is 0 Å². The molecule has 1 amide bonds. The number of benzene rings is 2. The lowest BCUT2D eigenvalue weighted by atomic mass is 10.0. The van der Waals surface area contributed by atoms with Crippen LogP contribution in [-0.4, -0.2) is 43.3 Å². The zero-order chi connectivity index (χ0) is 23.2. The molecule has 0 bridgehead atoms. The van der Waals surface area contributed by atoms with E-state index in [1.54, 1.807) is 31.4 Å². The van der Waals surface area contributed by atoms with Gasteiger partial charge in [-0.3, -0.25) is 14.5 Å². The van der Waals surface area contributed by atoms with Gasteiger partial charge in [-0.05, 0) is 62.7 Å². The third-order valence-electron chi connectivity index (χ3n) is 6.19. The fourth-order valence-corrected chi connectivity index (χ4v) is 4.27. The highest BCUT2D eigenvalue weighted by molar-refractivity contribution is 5.94. The number of hydrogen-bond donors (Lipinski definition) is 1. The number of nitrogens with zero attached hydrogens (tertiary/aromatic N) is 1. The summed E-state index contributed by atoms with van der Waals surface area (Å²) in [5.74, 6) is 1.46. The van der Waals surface area contributed by atoms with Crippen LogP contribution in [0.1, 0.15) is 58.7 Å². The number of nitrogens with one attached hydrogen (secondary N) is 1. The van der Waals surface area contributed by atoms with Crippen LogP contribution in [0.3, 0.4) is 0 Å². The standard InChI is InChI=1S/C27H30N2O4/c1-19(30)20-6-8-22(9-7-20)25-14-15-26(33-25)27(31)28-18-24(29-16-4-3-5-17-29)21-10-12-23(32-2)13-11-21/h6-15,24H,3-5,16-18H2,1-2H3,(H,28,31). The summed E-state index contributed by atoms with van der Waals surface area (Å²) in [4.78, 5) is 26.8. The largest absolute Gasteiger partial charge is 0.497 e. The summed E-state index contributed by atoms with van der Waals surface area (Å²) in [6, 6.07) is 18.8. The van der Waals surface area contributed by atoms with E-state index in [0.717, 1.165) is 30.0 Å². The summed E-state index contributed by atoms with van der Waals surface area (Å²) in [6.07, 6.45) is 3.59. The molecule has 1 saturated heterocycles. The Morgan fingerprint density at radius 2 is 1.67 bits per heavy atom. The number of piperidine rings is 1. The minimum atomic E-state index is -0.239. The van der Waals surface area contributed by atoms with Crippen molar-refractivity contribution in [2.75, 3.05) is 26.7 Å². The first-order chi connectivity index (χ1) is 16.0. The van der Waals surface area contributed by atoms with E-state index in [4.69, 9.17) is 9.15 Å². The normalized spacial score (nSPS) is 15.1. The SMILES string of the molecule is COc1ccc(C(CNC(=O)c2ccc(-c3ccc(C(C)=O)cc3)o2)N2CCCCC2)cc1. The first kappa shape index (κ1) is 22.8. The van der Waals surface area contributed by atoms with E-state index in [2.05, 4.69) is 22.3 Å². The van der Waals surface area contributed by atoms with Crippen LogP contribution < -0.4 is 10.1 Å². The van der Waals surface area contributed by atoms with Gasteiger partial charge < -0.3 is 14.5 Å². The maximum absolute atomic E-state index is 12.9. The van der Waals surface area contributed by atoms with Crippen LogP contribution in [0.15, 0.2) is 65.1 Å². The van der Waals surface area contributed by atoms with Gasteiger partial charge in [-0.2, -0.15) is 0 Å². The van der Waals surface area contributed by atoms with E-state index in [-0.39, 0.29) is 23.5 Å². The fourth-order valence-electron chi connectivity index (χ4n) is 4.27. The number of methoxy groups -OCH3 is 1. The highest BCUT2D eigenvalue weighted by Gasteiger charge is 2.24. The van der Waals surface area contributed by atoms with Gasteiger partial charge in [0, 0.05) is 17.7 Å². The molecule has 1 N–H and O–H groups in total. The van der Waals surface area contributed by atoms with Crippen LogP contribution >= 0.6 is 0 Å². The van der Waals surface area contributed by atoms with E-state index in [1.807, 2.05) is 24.3 Å². The Hall–Kier alpha value is -3.38. The summed E-state index contributed by atoms with van der Waals surface area (Å²) in [6.45, 7) is 4.07. The summed E-state index contributed by atoms with van der Waals surface area (Å²) in [7, 11) is 1.66. The first-order valence-corrected chi connectivity index (χ1v) is 11.4. The Balaban J connectivity index is 1.45. The Labute approximate surface area is 194 Å². The molecule has 0 aliphatic carbocycles. The third-order valence-corrected chi connectivity index (χ3v) is 6.19. The average molecular weight is 447 g/mol. The Morgan fingerprint density at radius 1 is 0.970 bits per heavy atom.